The summed E-state index contributed by atoms with van der Waals surface area (Å²) in [6.07, 6.45) is 1.06. The number of hydrogen-bond acceptors (Lipinski definition) is 6. The number of nitrogens with zero attached hydrogens (tertiary/aromatic N) is 5. The summed E-state index contributed by atoms with van der Waals surface area (Å²) in [4.78, 5) is 13.7. The Balaban J connectivity index is 0.00000300. The van der Waals surface area contributed by atoms with Crippen LogP contribution in [-0.4, -0.2) is 59.5 Å². The number of hydrogen-bond donors (Lipinski definition) is 1. The number of anilines is 1. The van der Waals surface area contributed by atoms with E-state index in [4.69, 9.17) is 4.74 Å². The number of rotatable bonds is 6. The highest BCUT2D eigenvalue weighted by Gasteiger charge is 2.22. The van der Waals surface area contributed by atoms with Crippen molar-refractivity contribution in [2.24, 2.45) is 4.99 Å². The molecule has 0 radical (unpaired) electrons. The van der Waals surface area contributed by atoms with E-state index in [1.807, 2.05) is 33.0 Å². The third-order valence-electron chi connectivity index (χ3n) is 4.56. The standard InChI is InChI=1S/C20H30N6OS.HI/c1-5-18-23-20(28-24-18)26-11-9-25(10-12-26)19(21-4)22-14-16-7-6-8-17(13-16)27-15(2)3;/h6-8,13,15H,5,9-12,14H2,1-4H3,(H,21,22);1H. The van der Waals surface area contributed by atoms with E-state index in [1.54, 1.807) is 0 Å². The van der Waals surface area contributed by atoms with Crippen molar-refractivity contribution in [3.63, 3.8) is 0 Å². The topological polar surface area (TPSA) is 65.9 Å². The molecule has 29 heavy (non-hydrogen) atoms. The molecule has 0 saturated carbocycles. The molecule has 0 spiro atoms. The van der Waals surface area contributed by atoms with Gasteiger partial charge in [0.15, 0.2) is 5.96 Å². The second-order valence-corrected chi connectivity index (χ2v) is 7.77. The van der Waals surface area contributed by atoms with E-state index < -0.39 is 0 Å². The molecule has 1 aliphatic rings. The first-order valence-corrected chi connectivity index (χ1v) is 10.6. The fourth-order valence-corrected chi connectivity index (χ4v) is 3.94. The van der Waals surface area contributed by atoms with E-state index in [2.05, 4.69) is 48.5 Å². The third-order valence-corrected chi connectivity index (χ3v) is 5.37. The summed E-state index contributed by atoms with van der Waals surface area (Å²) < 4.78 is 10.2. The van der Waals surface area contributed by atoms with Crippen LogP contribution in [0.15, 0.2) is 29.3 Å². The quantitative estimate of drug-likeness (QED) is 0.351. The van der Waals surface area contributed by atoms with Crippen LogP contribution in [0.3, 0.4) is 0 Å². The minimum atomic E-state index is 0. The van der Waals surface area contributed by atoms with Crippen LogP contribution in [0.25, 0.3) is 0 Å². The first-order valence-electron chi connectivity index (χ1n) is 9.87. The maximum absolute atomic E-state index is 5.78. The fourth-order valence-electron chi connectivity index (χ4n) is 3.14. The summed E-state index contributed by atoms with van der Waals surface area (Å²) in [5.41, 5.74) is 1.18. The zero-order valence-electron chi connectivity index (χ0n) is 17.6. The predicted molar refractivity (Wildman–Crippen MR) is 131 cm³/mol. The molecule has 1 N–H and O–H groups in total. The van der Waals surface area contributed by atoms with Crippen molar-refractivity contribution in [3.05, 3.63) is 35.7 Å². The first-order chi connectivity index (χ1) is 13.6. The number of benzene rings is 1. The van der Waals surface area contributed by atoms with E-state index in [9.17, 15) is 0 Å². The van der Waals surface area contributed by atoms with Crippen molar-refractivity contribution >= 4 is 46.6 Å². The third kappa shape index (κ3) is 6.70. The zero-order chi connectivity index (χ0) is 19.9. The molecule has 1 aromatic heterocycles. The molecule has 0 amide bonds. The molecule has 1 saturated heterocycles. The van der Waals surface area contributed by atoms with Gasteiger partial charge in [-0.25, -0.2) is 4.98 Å². The maximum atomic E-state index is 5.78. The van der Waals surface area contributed by atoms with Crippen LogP contribution in [0.4, 0.5) is 5.13 Å². The van der Waals surface area contributed by atoms with Crippen LogP contribution >= 0.6 is 35.5 Å². The largest absolute Gasteiger partial charge is 0.491 e. The van der Waals surface area contributed by atoms with Crippen molar-refractivity contribution < 1.29 is 4.74 Å². The number of aryl methyl sites for hydroxylation is 1. The number of guanidine groups is 1. The zero-order valence-corrected chi connectivity index (χ0v) is 20.7. The molecule has 160 valence electrons. The molecular weight excluding hydrogens is 499 g/mol. The van der Waals surface area contributed by atoms with Gasteiger partial charge >= 0.3 is 0 Å². The summed E-state index contributed by atoms with van der Waals surface area (Å²) in [6, 6.07) is 8.21. The lowest BCUT2D eigenvalue weighted by molar-refractivity contribution is 0.242. The van der Waals surface area contributed by atoms with Crippen LogP contribution in [0, 0.1) is 0 Å². The summed E-state index contributed by atoms with van der Waals surface area (Å²) in [7, 11) is 1.84. The van der Waals surface area contributed by atoms with Crippen LogP contribution in [0.1, 0.15) is 32.2 Å². The molecule has 1 aliphatic heterocycles. The maximum Gasteiger partial charge on any atom is 0.205 e. The molecule has 0 atom stereocenters. The molecule has 0 aliphatic carbocycles. The number of aliphatic imine (C=N–C) groups is 1. The Bertz CT molecular complexity index is 789. The predicted octanol–water partition coefficient (Wildman–Crippen LogP) is 3.40. The summed E-state index contributed by atoms with van der Waals surface area (Å²) in [6.45, 7) is 10.6. The van der Waals surface area contributed by atoms with Crippen LogP contribution < -0.4 is 15.0 Å². The average molecular weight is 530 g/mol. The normalized spacial score (nSPS) is 14.7. The highest BCUT2D eigenvalue weighted by Crippen LogP contribution is 2.19. The molecule has 9 heteroatoms. The Morgan fingerprint density at radius 2 is 2.03 bits per heavy atom. The van der Waals surface area contributed by atoms with Gasteiger partial charge in [0.05, 0.1) is 6.10 Å². The van der Waals surface area contributed by atoms with Gasteiger partial charge in [-0.05, 0) is 31.5 Å². The summed E-state index contributed by atoms with van der Waals surface area (Å²) in [5.74, 6) is 2.77. The number of ether oxygens (including phenoxy) is 1. The molecule has 0 unspecified atom stereocenters. The molecular formula is C20H31IN6OS. The van der Waals surface area contributed by atoms with Gasteiger partial charge < -0.3 is 19.9 Å². The van der Waals surface area contributed by atoms with E-state index in [0.717, 1.165) is 61.8 Å². The number of piperazine rings is 1. The number of nitrogens with one attached hydrogen (secondary N) is 1. The smallest absolute Gasteiger partial charge is 0.205 e. The highest BCUT2D eigenvalue weighted by molar-refractivity contribution is 14.0. The van der Waals surface area contributed by atoms with Gasteiger partial charge in [0.25, 0.3) is 0 Å². The van der Waals surface area contributed by atoms with E-state index in [0.29, 0.717) is 0 Å². The minimum absolute atomic E-state index is 0. The molecule has 1 fully saturated rings. The van der Waals surface area contributed by atoms with Crippen molar-refractivity contribution in [1.29, 1.82) is 0 Å². The Hall–Kier alpha value is -1.62. The minimum Gasteiger partial charge on any atom is -0.491 e. The molecule has 7 nitrogen and oxygen atoms in total. The monoisotopic (exact) mass is 530 g/mol. The molecule has 2 heterocycles. The van der Waals surface area contributed by atoms with Crippen molar-refractivity contribution in [3.8, 4) is 5.75 Å². The van der Waals surface area contributed by atoms with Gasteiger partial charge in [0.2, 0.25) is 5.13 Å². The van der Waals surface area contributed by atoms with E-state index in [1.165, 1.54) is 17.1 Å². The number of halogens is 1. The lowest BCUT2D eigenvalue weighted by Gasteiger charge is -2.36. The Kier molecular flexibility index (Phi) is 9.41. The molecule has 0 bridgehead atoms. The van der Waals surface area contributed by atoms with Gasteiger partial charge in [-0.2, -0.15) is 4.37 Å². The lowest BCUT2D eigenvalue weighted by atomic mass is 10.2. The van der Waals surface area contributed by atoms with Gasteiger partial charge in [-0.3, -0.25) is 4.99 Å². The van der Waals surface area contributed by atoms with Crippen LogP contribution in [0.5, 0.6) is 5.75 Å². The van der Waals surface area contributed by atoms with Crippen LogP contribution in [0.2, 0.25) is 0 Å². The fraction of sp³-hybridized carbons (Fsp3) is 0.550. The van der Waals surface area contributed by atoms with Crippen molar-refractivity contribution in [2.45, 2.75) is 39.8 Å². The number of aromatic nitrogens is 2. The van der Waals surface area contributed by atoms with Crippen LogP contribution in [-0.2, 0) is 13.0 Å². The highest BCUT2D eigenvalue weighted by atomic mass is 127. The average Bonchev–Trinajstić information content (AvgIpc) is 3.18. The van der Waals surface area contributed by atoms with Gasteiger partial charge in [0.1, 0.15) is 11.6 Å². The Labute approximate surface area is 194 Å². The second-order valence-electron chi connectivity index (χ2n) is 7.04. The van der Waals surface area contributed by atoms with Gasteiger partial charge in [-0.15, -0.1) is 24.0 Å². The summed E-state index contributed by atoms with van der Waals surface area (Å²) in [5, 5.41) is 4.51. The summed E-state index contributed by atoms with van der Waals surface area (Å²) >= 11 is 1.50. The lowest BCUT2D eigenvalue weighted by Crippen LogP contribution is -2.52. The Morgan fingerprint density at radius 3 is 2.66 bits per heavy atom. The Morgan fingerprint density at radius 1 is 1.28 bits per heavy atom. The SMILES string of the molecule is CCc1nsc(N2CCN(C(=NC)NCc3cccc(OC(C)C)c3)CC2)n1.I. The molecule has 2 aromatic rings. The van der Waals surface area contributed by atoms with Crippen molar-refractivity contribution in [1.82, 2.24) is 19.6 Å². The molecule has 1 aromatic carbocycles. The van der Waals surface area contributed by atoms with Gasteiger partial charge in [0, 0.05) is 57.7 Å². The van der Waals surface area contributed by atoms with E-state index in [-0.39, 0.29) is 30.1 Å². The van der Waals surface area contributed by atoms with E-state index >= 15 is 0 Å². The first kappa shape index (κ1) is 23.7. The van der Waals surface area contributed by atoms with Gasteiger partial charge in [-0.1, -0.05) is 19.1 Å². The van der Waals surface area contributed by atoms with Crippen molar-refractivity contribution in [2.75, 3.05) is 38.1 Å². The second kappa shape index (κ2) is 11.5. The molecule has 3 rings (SSSR count).